The van der Waals surface area contributed by atoms with Crippen LogP contribution in [0.3, 0.4) is 0 Å². The first-order valence-corrected chi connectivity index (χ1v) is 7.10. The van der Waals surface area contributed by atoms with E-state index in [0.717, 1.165) is 19.6 Å². The fourth-order valence-corrected chi connectivity index (χ4v) is 2.43. The molecule has 0 saturated carbocycles. The van der Waals surface area contributed by atoms with Crippen molar-refractivity contribution >= 4 is 5.97 Å². The lowest BCUT2D eigenvalue weighted by molar-refractivity contribution is -0.145. The highest BCUT2D eigenvalue weighted by Crippen LogP contribution is 2.24. The van der Waals surface area contributed by atoms with Crippen molar-refractivity contribution < 1.29 is 9.90 Å². The molecular formula is C14H27NO2. The van der Waals surface area contributed by atoms with Crippen molar-refractivity contribution in [3.63, 3.8) is 0 Å². The maximum Gasteiger partial charge on any atom is 0.306 e. The number of hydrogen-bond acceptors (Lipinski definition) is 2. The van der Waals surface area contributed by atoms with E-state index < -0.39 is 5.97 Å². The number of aliphatic carboxylic acids is 1. The zero-order valence-electron chi connectivity index (χ0n) is 11.3. The normalized spacial score (nSPS) is 18.9. The van der Waals surface area contributed by atoms with Gasteiger partial charge in [0.15, 0.2) is 0 Å². The highest BCUT2D eigenvalue weighted by Gasteiger charge is 2.33. The first kappa shape index (κ1) is 14.5. The second-order valence-corrected chi connectivity index (χ2v) is 5.41. The van der Waals surface area contributed by atoms with Gasteiger partial charge >= 0.3 is 5.97 Å². The molecule has 0 aromatic carbocycles. The Kier molecular flexibility index (Phi) is 6.56. The van der Waals surface area contributed by atoms with Crippen LogP contribution in [0, 0.1) is 11.8 Å². The van der Waals surface area contributed by atoms with E-state index in [1.165, 1.54) is 38.5 Å². The fourth-order valence-electron chi connectivity index (χ4n) is 2.43. The van der Waals surface area contributed by atoms with Crippen molar-refractivity contribution in [2.75, 3.05) is 19.6 Å². The Hall–Kier alpha value is -0.570. The summed E-state index contributed by atoms with van der Waals surface area (Å²) in [7, 11) is 0. The number of carbonyl (C=O) groups is 1. The Bertz CT molecular complexity index is 224. The summed E-state index contributed by atoms with van der Waals surface area (Å²) in [4.78, 5) is 13.2. The highest BCUT2D eigenvalue weighted by atomic mass is 16.4. The molecule has 0 radical (unpaired) electrons. The standard InChI is InChI=1S/C14H27NO2/c1-3-4-5-6-7-8-9-15-10-13(11-15)12(2)14(16)17/h12-13H,3-11H2,1-2H3,(H,16,17). The first-order chi connectivity index (χ1) is 8.15. The maximum atomic E-state index is 10.8. The zero-order valence-corrected chi connectivity index (χ0v) is 11.3. The Labute approximate surface area is 105 Å². The Morgan fingerprint density at radius 1 is 1.24 bits per heavy atom. The highest BCUT2D eigenvalue weighted by molar-refractivity contribution is 5.70. The molecular weight excluding hydrogens is 214 g/mol. The number of carboxylic acids is 1. The molecule has 0 spiro atoms. The molecule has 1 rings (SSSR count). The van der Waals surface area contributed by atoms with Crippen LogP contribution in [0.4, 0.5) is 0 Å². The number of likely N-dealkylation sites (tertiary alicyclic amines) is 1. The lowest BCUT2D eigenvalue weighted by Crippen LogP contribution is -2.51. The van der Waals surface area contributed by atoms with Gasteiger partial charge in [-0.25, -0.2) is 0 Å². The second kappa shape index (κ2) is 7.70. The molecule has 1 aliphatic rings. The van der Waals surface area contributed by atoms with E-state index in [0.29, 0.717) is 5.92 Å². The minimum absolute atomic E-state index is 0.171. The largest absolute Gasteiger partial charge is 0.481 e. The van der Waals surface area contributed by atoms with Gasteiger partial charge in [0.25, 0.3) is 0 Å². The van der Waals surface area contributed by atoms with E-state index in [1.807, 2.05) is 6.92 Å². The van der Waals surface area contributed by atoms with Crippen LogP contribution in [0.5, 0.6) is 0 Å². The number of unbranched alkanes of at least 4 members (excludes halogenated alkanes) is 5. The van der Waals surface area contributed by atoms with Gasteiger partial charge in [0.05, 0.1) is 5.92 Å². The van der Waals surface area contributed by atoms with E-state index >= 15 is 0 Å². The third kappa shape index (κ3) is 5.07. The molecule has 17 heavy (non-hydrogen) atoms. The average molecular weight is 241 g/mol. The molecule has 3 heteroatoms. The summed E-state index contributed by atoms with van der Waals surface area (Å²) < 4.78 is 0. The summed E-state index contributed by atoms with van der Waals surface area (Å²) in [5, 5.41) is 8.88. The van der Waals surface area contributed by atoms with Gasteiger partial charge in [0.1, 0.15) is 0 Å². The quantitative estimate of drug-likeness (QED) is 0.631. The second-order valence-electron chi connectivity index (χ2n) is 5.41. The maximum absolute atomic E-state index is 10.8. The summed E-state index contributed by atoms with van der Waals surface area (Å²) in [5.41, 5.74) is 0. The van der Waals surface area contributed by atoms with E-state index in [1.54, 1.807) is 0 Å². The van der Waals surface area contributed by atoms with Crippen molar-refractivity contribution in [3.8, 4) is 0 Å². The van der Waals surface area contributed by atoms with Gasteiger partial charge in [-0.1, -0.05) is 46.0 Å². The molecule has 1 N–H and O–H groups in total. The zero-order chi connectivity index (χ0) is 12.7. The van der Waals surface area contributed by atoms with Crippen molar-refractivity contribution in [2.24, 2.45) is 11.8 Å². The molecule has 1 heterocycles. The van der Waals surface area contributed by atoms with E-state index in [2.05, 4.69) is 11.8 Å². The number of hydrogen-bond donors (Lipinski definition) is 1. The van der Waals surface area contributed by atoms with E-state index in [9.17, 15) is 4.79 Å². The SMILES string of the molecule is CCCCCCCCN1CC(C(C)C(=O)O)C1. The molecule has 0 bridgehead atoms. The number of nitrogens with zero attached hydrogens (tertiary/aromatic N) is 1. The Morgan fingerprint density at radius 3 is 2.41 bits per heavy atom. The van der Waals surface area contributed by atoms with Crippen LogP contribution in [-0.2, 0) is 4.79 Å². The van der Waals surface area contributed by atoms with Crippen molar-refractivity contribution in [1.82, 2.24) is 4.90 Å². The van der Waals surface area contributed by atoms with Crippen LogP contribution < -0.4 is 0 Å². The predicted molar refractivity (Wildman–Crippen MR) is 70.1 cm³/mol. The van der Waals surface area contributed by atoms with Gasteiger partial charge in [0, 0.05) is 13.1 Å². The Morgan fingerprint density at radius 2 is 1.82 bits per heavy atom. The van der Waals surface area contributed by atoms with Crippen molar-refractivity contribution in [1.29, 1.82) is 0 Å². The van der Waals surface area contributed by atoms with Crippen LogP contribution in [0.2, 0.25) is 0 Å². The van der Waals surface area contributed by atoms with Gasteiger partial charge in [-0.05, 0) is 18.9 Å². The molecule has 1 fully saturated rings. The van der Waals surface area contributed by atoms with Gasteiger partial charge < -0.3 is 10.0 Å². The summed E-state index contributed by atoms with van der Waals surface area (Å²) in [6.07, 6.45) is 8.00. The minimum Gasteiger partial charge on any atom is -0.481 e. The van der Waals surface area contributed by atoms with Gasteiger partial charge in [-0.2, -0.15) is 0 Å². The summed E-state index contributed by atoms with van der Waals surface area (Å²) in [6, 6.07) is 0. The molecule has 0 aromatic rings. The van der Waals surface area contributed by atoms with Gasteiger partial charge in [-0.15, -0.1) is 0 Å². The summed E-state index contributed by atoms with van der Waals surface area (Å²) in [6.45, 7) is 7.21. The van der Waals surface area contributed by atoms with Crippen molar-refractivity contribution in [2.45, 2.75) is 52.4 Å². The van der Waals surface area contributed by atoms with Gasteiger partial charge in [0.2, 0.25) is 0 Å². The van der Waals surface area contributed by atoms with Crippen LogP contribution >= 0.6 is 0 Å². The van der Waals surface area contributed by atoms with Crippen LogP contribution in [0.15, 0.2) is 0 Å². The molecule has 1 unspecified atom stereocenters. The first-order valence-electron chi connectivity index (χ1n) is 7.10. The topological polar surface area (TPSA) is 40.5 Å². The smallest absolute Gasteiger partial charge is 0.306 e. The third-order valence-corrected chi connectivity index (χ3v) is 3.91. The van der Waals surface area contributed by atoms with Crippen LogP contribution in [0.25, 0.3) is 0 Å². The molecule has 1 atom stereocenters. The average Bonchev–Trinajstić information content (AvgIpc) is 2.24. The van der Waals surface area contributed by atoms with Crippen molar-refractivity contribution in [3.05, 3.63) is 0 Å². The third-order valence-electron chi connectivity index (χ3n) is 3.91. The molecule has 0 aromatic heterocycles. The molecule has 3 nitrogen and oxygen atoms in total. The molecule has 1 saturated heterocycles. The predicted octanol–water partition coefficient (Wildman–Crippen LogP) is 3.00. The number of carboxylic acid groups (broad SMARTS) is 1. The lowest BCUT2D eigenvalue weighted by atomic mass is 9.87. The van der Waals surface area contributed by atoms with E-state index in [4.69, 9.17) is 5.11 Å². The van der Waals surface area contributed by atoms with E-state index in [-0.39, 0.29) is 5.92 Å². The lowest BCUT2D eigenvalue weighted by Gasteiger charge is -2.41. The Balaban J connectivity index is 1.93. The molecule has 1 aliphatic heterocycles. The van der Waals surface area contributed by atoms with Crippen LogP contribution in [-0.4, -0.2) is 35.6 Å². The van der Waals surface area contributed by atoms with Crippen LogP contribution in [0.1, 0.15) is 52.4 Å². The van der Waals surface area contributed by atoms with Gasteiger partial charge in [-0.3, -0.25) is 4.79 Å². The molecule has 0 aliphatic carbocycles. The molecule has 0 amide bonds. The monoisotopic (exact) mass is 241 g/mol. The fraction of sp³-hybridized carbons (Fsp3) is 0.929. The summed E-state index contributed by atoms with van der Waals surface area (Å²) >= 11 is 0. The minimum atomic E-state index is -0.644. The molecule has 100 valence electrons. The summed E-state index contributed by atoms with van der Waals surface area (Å²) in [5.74, 6) is -0.433. The number of rotatable bonds is 9.